The van der Waals surface area contributed by atoms with Gasteiger partial charge >= 0.3 is 0 Å². The zero-order chi connectivity index (χ0) is 22.6. The van der Waals surface area contributed by atoms with Crippen molar-refractivity contribution in [3.63, 3.8) is 0 Å². The molecule has 1 N–H and O–H groups in total. The van der Waals surface area contributed by atoms with Gasteiger partial charge < -0.3 is 9.88 Å². The molecule has 1 saturated heterocycles. The van der Waals surface area contributed by atoms with E-state index >= 15 is 4.39 Å². The van der Waals surface area contributed by atoms with Crippen LogP contribution in [0.3, 0.4) is 0 Å². The van der Waals surface area contributed by atoms with Crippen molar-refractivity contribution < 1.29 is 9.18 Å². The van der Waals surface area contributed by atoms with Crippen LogP contribution in [0.1, 0.15) is 46.7 Å². The van der Waals surface area contributed by atoms with E-state index in [1.165, 1.54) is 17.2 Å². The number of aromatic amines is 1. The Morgan fingerprint density at radius 1 is 1.19 bits per heavy atom. The lowest BCUT2D eigenvalue weighted by molar-refractivity contribution is 0.0709. The van der Waals surface area contributed by atoms with Gasteiger partial charge in [0.2, 0.25) is 0 Å². The molecule has 3 heterocycles. The van der Waals surface area contributed by atoms with Crippen LogP contribution in [-0.4, -0.2) is 42.3 Å². The molecule has 0 aliphatic carbocycles. The highest BCUT2D eigenvalue weighted by Crippen LogP contribution is 2.39. The number of benzene rings is 2. The standard InChI is InChI=1S/C23H22ClFN6O/c1-12-4-5-17(31-26-7-8-27-31)18(19(12)25)23(32)30-9-6-13(2)21(30)22-28-16-11-15(24)10-14(3)20(16)29-22/h4-5,7-8,10-11,13,21H,6,9H2,1-3H3,(H,28,29)/t13-,21-/m0/s1. The zero-order valence-electron chi connectivity index (χ0n) is 17.9. The number of fused-ring (bicyclic) bond motifs is 1. The molecule has 0 bridgehead atoms. The molecule has 1 aliphatic rings. The van der Waals surface area contributed by atoms with E-state index in [2.05, 4.69) is 22.1 Å². The smallest absolute Gasteiger partial charge is 0.259 e. The van der Waals surface area contributed by atoms with E-state index < -0.39 is 11.7 Å². The van der Waals surface area contributed by atoms with Crippen LogP contribution in [0.15, 0.2) is 36.7 Å². The molecular weight excluding hydrogens is 431 g/mol. The maximum atomic E-state index is 15.3. The fourth-order valence-corrected chi connectivity index (χ4v) is 4.79. The summed E-state index contributed by atoms with van der Waals surface area (Å²) in [7, 11) is 0. The second kappa shape index (κ2) is 7.70. The van der Waals surface area contributed by atoms with Gasteiger partial charge in [0.15, 0.2) is 0 Å². The van der Waals surface area contributed by atoms with Gasteiger partial charge in [-0.25, -0.2) is 9.37 Å². The molecule has 1 fully saturated rings. The number of hydrogen-bond donors (Lipinski definition) is 1. The zero-order valence-corrected chi connectivity index (χ0v) is 18.7. The first kappa shape index (κ1) is 20.6. The van der Waals surface area contributed by atoms with Gasteiger partial charge in [0, 0.05) is 11.6 Å². The molecule has 1 amide bonds. The highest BCUT2D eigenvalue weighted by molar-refractivity contribution is 6.31. The molecule has 0 spiro atoms. The number of hydrogen-bond acceptors (Lipinski definition) is 4. The van der Waals surface area contributed by atoms with E-state index in [9.17, 15) is 4.79 Å². The summed E-state index contributed by atoms with van der Waals surface area (Å²) in [6.07, 6.45) is 3.78. The Morgan fingerprint density at radius 2 is 1.94 bits per heavy atom. The van der Waals surface area contributed by atoms with Crippen LogP contribution in [0, 0.1) is 25.6 Å². The quantitative estimate of drug-likeness (QED) is 0.485. The predicted molar refractivity (Wildman–Crippen MR) is 119 cm³/mol. The van der Waals surface area contributed by atoms with Gasteiger partial charge in [0.05, 0.1) is 29.5 Å². The molecule has 4 aromatic rings. The summed E-state index contributed by atoms with van der Waals surface area (Å²) in [5.74, 6) is -0.136. The number of aromatic nitrogens is 5. The van der Waals surface area contributed by atoms with Crippen molar-refractivity contribution in [3.8, 4) is 5.69 Å². The normalized spacial score (nSPS) is 18.6. The molecule has 9 heteroatoms. The molecule has 0 unspecified atom stereocenters. The maximum absolute atomic E-state index is 15.3. The SMILES string of the molecule is Cc1ccc(-n2nccn2)c(C(=O)N2CC[C@H](C)[C@H]2c2nc3c(C)cc(Cl)cc3[nH]2)c1F. The summed E-state index contributed by atoms with van der Waals surface area (Å²) >= 11 is 6.21. The molecule has 1 aliphatic heterocycles. The number of rotatable bonds is 3. The van der Waals surface area contributed by atoms with Gasteiger partial charge in [-0.2, -0.15) is 15.0 Å². The first-order chi connectivity index (χ1) is 15.3. The lowest BCUT2D eigenvalue weighted by Gasteiger charge is -2.26. The Bertz CT molecular complexity index is 1330. The third-order valence-electron chi connectivity index (χ3n) is 6.16. The lowest BCUT2D eigenvalue weighted by Crippen LogP contribution is -2.34. The minimum atomic E-state index is -0.560. The Labute approximate surface area is 189 Å². The van der Waals surface area contributed by atoms with Crippen molar-refractivity contribution in [1.29, 1.82) is 0 Å². The van der Waals surface area contributed by atoms with E-state index in [-0.39, 0.29) is 17.5 Å². The highest BCUT2D eigenvalue weighted by Gasteiger charge is 2.40. The van der Waals surface area contributed by atoms with Gasteiger partial charge in [-0.05, 0) is 55.5 Å². The summed E-state index contributed by atoms with van der Waals surface area (Å²) in [4.78, 5) is 24.9. The van der Waals surface area contributed by atoms with E-state index in [1.807, 2.05) is 19.1 Å². The number of imidazole rings is 1. The highest BCUT2D eigenvalue weighted by atomic mass is 35.5. The maximum Gasteiger partial charge on any atom is 0.259 e. The second-order valence-electron chi connectivity index (χ2n) is 8.36. The van der Waals surface area contributed by atoms with Crippen molar-refractivity contribution in [2.24, 2.45) is 5.92 Å². The van der Waals surface area contributed by atoms with Gasteiger partial charge in [-0.15, -0.1) is 0 Å². The third-order valence-corrected chi connectivity index (χ3v) is 6.38. The summed E-state index contributed by atoms with van der Waals surface area (Å²) < 4.78 is 15.3. The minimum Gasteiger partial charge on any atom is -0.340 e. The predicted octanol–water partition coefficient (Wildman–Crippen LogP) is 4.78. The van der Waals surface area contributed by atoms with Gasteiger partial charge in [-0.3, -0.25) is 4.79 Å². The first-order valence-corrected chi connectivity index (χ1v) is 10.9. The molecule has 164 valence electrons. The summed E-state index contributed by atoms with van der Waals surface area (Å²) in [6.45, 7) is 6.17. The van der Waals surface area contributed by atoms with E-state index in [0.717, 1.165) is 23.0 Å². The summed E-state index contributed by atoms with van der Waals surface area (Å²) in [5, 5.41) is 8.83. The van der Waals surface area contributed by atoms with Gasteiger partial charge in [-0.1, -0.05) is 24.6 Å². The van der Waals surface area contributed by atoms with Gasteiger partial charge in [0.1, 0.15) is 22.9 Å². The van der Waals surface area contributed by atoms with Crippen LogP contribution in [-0.2, 0) is 0 Å². The van der Waals surface area contributed by atoms with Crippen molar-refractivity contribution in [2.75, 3.05) is 6.54 Å². The largest absolute Gasteiger partial charge is 0.340 e. The molecule has 0 radical (unpaired) electrons. The van der Waals surface area contributed by atoms with Crippen molar-refractivity contribution in [1.82, 2.24) is 29.9 Å². The number of nitrogens with zero attached hydrogens (tertiary/aromatic N) is 5. The van der Waals surface area contributed by atoms with E-state index in [1.54, 1.807) is 24.0 Å². The van der Waals surface area contributed by atoms with Crippen molar-refractivity contribution >= 4 is 28.5 Å². The Kier molecular flexibility index (Phi) is 4.97. The summed E-state index contributed by atoms with van der Waals surface area (Å²) in [5.41, 5.74) is 3.26. The number of aryl methyl sites for hydroxylation is 2. The van der Waals surface area contributed by atoms with Crippen molar-refractivity contribution in [2.45, 2.75) is 33.2 Å². The molecular formula is C23H22ClFN6O. The Morgan fingerprint density at radius 3 is 2.69 bits per heavy atom. The molecule has 7 nitrogen and oxygen atoms in total. The van der Waals surface area contributed by atoms with Gasteiger partial charge in [0.25, 0.3) is 5.91 Å². The molecule has 2 aromatic carbocycles. The number of carbonyl (C=O) groups is 1. The number of likely N-dealkylation sites (tertiary alicyclic amines) is 1. The molecule has 2 atom stereocenters. The number of carbonyl (C=O) groups excluding carboxylic acids is 1. The van der Waals surface area contributed by atoms with E-state index in [0.29, 0.717) is 28.6 Å². The number of halogens is 2. The van der Waals surface area contributed by atoms with Crippen LogP contribution in [0.2, 0.25) is 5.02 Å². The topological polar surface area (TPSA) is 79.7 Å². The van der Waals surface area contributed by atoms with Crippen LogP contribution in [0.4, 0.5) is 4.39 Å². The number of amides is 1. The van der Waals surface area contributed by atoms with Crippen LogP contribution < -0.4 is 0 Å². The van der Waals surface area contributed by atoms with Crippen LogP contribution >= 0.6 is 11.6 Å². The number of nitrogens with one attached hydrogen (secondary N) is 1. The molecule has 32 heavy (non-hydrogen) atoms. The van der Waals surface area contributed by atoms with Crippen LogP contribution in [0.25, 0.3) is 16.7 Å². The molecule has 2 aromatic heterocycles. The Hall–Kier alpha value is -3.26. The average molecular weight is 453 g/mol. The molecule has 5 rings (SSSR count). The second-order valence-corrected chi connectivity index (χ2v) is 8.80. The van der Waals surface area contributed by atoms with Crippen LogP contribution in [0.5, 0.6) is 0 Å². The van der Waals surface area contributed by atoms with Crippen molar-refractivity contribution in [3.05, 3.63) is 70.0 Å². The fourth-order valence-electron chi connectivity index (χ4n) is 4.52. The average Bonchev–Trinajstić information content (AvgIpc) is 3.48. The number of H-pyrrole nitrogens is 1. The van der Waals surface area contributed by atoms with E-state index in [4.69, 9.17) is 16.6 Å². The third kappa shape index (κ3) is 3.26. The fraction of sp³-hybridized carbons (Fsp3) is 0.304. The molecule has 0 saturated carbocycles. The lowest BCUT2D eigenvalue weighted by atomic mass is 10.0. The first-order valence-electron chi connectivity index (χ1n) is 10.5. The Balaban J connectivity index is 1.60. The summed E-state index contributed by atoms with van der Waals surface area (Å²) in [6, 6.07) is 6.67. The minimum absolute atomic E-state index is 0.0318. The monoisotopic (exact) mass is 452 g/mol.